The summed E-state index contributed by atoms with van der Waals surface area (Å²) >= 11 is 6.06. The molecule has 8 nitrogen and oxygen atoms in total. The Labute approximate surface area is 183 Å². The molecule has 1 aromatic heterocycles. The number of carbonyl (C=O) groups excluding carboxylic acids is 2. The molecule has 0 bridgehead atoms. The molecule has 1 unspecified atom stereocenters. The van der Waals surface area contributed by atoms with Gasteiger partial charge in [0.2, 0.25) is 5.91 Å². The molecule has 2 aliphatic heterocycles. The standard InChI is InChI=1S/C19H25ClF3N5O3/c1-17(2,3)31-16(30)28-7-5-18(10-28)4-6-27(9-18)15-13(14(20)24-11-25-15)26-12(29)8-19(21,22)23/h11H,4-10H2,1-3H3,(H,26,29). The second-order valence-corrected chi connectivity index (χ2v) is 9.38. The molecule has 0 aromatic carbocycles. The Hall–Kier alpha value is -2.30. The van der Waals surface area contributed by atoms with Gasteiger partial charge in [0.1, 0.15) is 24.0 Å². The highest BCUT2D eigenvalue weighted by molar-refractivity contribution is 6.33. The molecule has 1 atom stereocenters. The van der Waals surface area contributed by atoms with Crippen LogP contribution in [-0.2, 0) is 9.53 Å². The maximum Gasteiger partial charge on any atom is 0.410 e. The van der Waals surface area contributed by atoms with E-state index in [4.69, 9.17) is 16.3 Å². The third-order valence-corrected chi connectivity index (χ3v) is 5.52. The van der Waals surface area contributed by atoms with Crippen LogP contribution in [0.25, 0.3) is 0 Å². The molecule has 12 heteroatoms. The number of amides is 2. The van der Waals surface area contributed by atoms with E-state index >= 15 is 0 Å². The fraction of sp³-hybridized carbons (Fsp3) is 0.684. The first-order valence-electron chi connectivity index (χ1n) is 9.87. The van der Waals surface area contributed by atoms with Gasteiger partial charge in [-0.3, -0.25) is 4.79 Å². The summed E-state index contributed by atoms with van der Waals surface area (Å²) in [5, 5.41) is 2.07. The van der Waals surface area contributed by atoms with Crippen molar-refractivity contribution in [3.05, 3.63) is 11.5 Å². The van der Waals surface area contributed by atoms with Crippen LogP contribution in [0.3, 0.4) is 0 Å². The average molecular weight is 464 g/mol. The molecule has 2 amide bonds. The predicted octanol–water partition coefficient (Wildman–Crippen LogP) is 3.86. The van der Waals surface area contributed by atoms with E-state index in [1.807, 2.05) is 25.7 Å². The molecule has 1 aromatic rings. The highest BCUT2D eigenvalue weighted by atomic mass is 35.5. The molecule has 2 saturated heterocycles. The third-order valence-electron chi connectivity index (χ3n) is 5.23. The zero-order valence-electron chi connectivity index (χ0n) is 17.6. The zero-order valence-corrected chi connectivity index (χ0v) is 18.3. The molecule has 1 spiro atoms. The molecule has 3 heterocycles. The first kappa shape index (κ1) is 23.4. The number of ether oxygens (including phenoxy) is 1. The number of alkyl halides is 3. The zero-order chi connectivity index (χ0) is 23.0. The number of anilines is 2. The van der Waals surface area contributed by atoms with E-state index in [0.717, 1.165) is 12.8 Å². The summed E-state index contributed by atoms with van der Waals surface area (Å²) in [5.41, 5.74) is -0.824. The minimum atomic E-state index is -4.64. The van der Waals surface area contributed by atoms with Crippen molar-refractivity contribution in [2.45, 2.75) is 51.8 Å². The summed E-state index contributed by atoms with van der Waals surface area (Å²) in [6.45, 7) is 7.55. The largest absolute Gasteiger partial charge is 0.444 e. The highest BCUT2D eigenvalue weighted by Gasteiger charge is 2.46. The first-order valence-corrected chi connectivity index (χ1v) is 10.2. The van der Waals surface area contributed by atoms with E-state index in [1.165, 1.54) is 6.33 Å². The molecule has 0 saturated carbocycles. The number of hydrogen-bond acceptors (Lipinski definition) is 6. The number of likely N-dealkylation sites (tertiary alicyclic amines) is 1. The maximum absolute atomic E-state index is 12.5. The smallest absolute Gasteiger partial charge is 0.410 e. The second-order valence-electron chi connectivity index (χ2n) is 9.03. The molecule has 3 rings (SSSR count). The van der Waals surface area contributed by atoms with Crippen LogP contribution < -0.4 is 10.2 Å². The van der Waals surface area contributed by atoms with Gasteiger partial charge in [-0.1, -0.05) is 11.6 Å². The SMILES string of the molecule is CC(C)(C)OC(=O)N1CCC2(CCN(c3ncnc(Cl)c3NC(=O)CC(F)(F)F)C2)C1. The van der Waals surface area contributed by atoms with Crippen LogP contribution in [-0.4, -0.2) is 64.8 Å². The summed E-state index contributed by atoms with van der Waals surface area (Å²) in [4.78, 5) is 35.7. The van der Waals surface area contributed by atoms with E-state index in [2.05, 4.69) is 15.3 Å². The van der Waals surface area contributed by atoms with Crippen molar-refractivity contribution < 1.29 is 27.5 Å². The van der Waals surface area contributed by atoms with Crippen molar-refractivity contribution in [3.8, 4) is 0 Å². The molecule has 0 aliphatic carbocycles. The molecule has 172 valence electrons. The van der Waals surface area contributed by atoms with Gasteiger partial charge >= 0.3 is 12.3 Å². The highest BCUT2D eigenvalue weighted by Crippen LogP contribution is 2.43. The molecule has 31 heavy (non-hydrogen) atoms. The number of hydrogen-bond donors (Lipinski definition) is 1. The van der Waals surface area contributed by atoms with Crippen LogP contribution in [0.1, 0.15) is 40.0 Å². The summed E-state index contributed by atoms with van der Waals surface area (Å²) in [6.07, 6.45) is -3.93. The van der Waals surface area contributed by atoms with E-state index in [9.17, 15) is 22.8 Å². The fourth-order valence-electron chi connectivity index (χ4n) is 3.93. The van der Waals surface area contributed by atoms with Gasteiger partial charge in [-0.05, 0) is 33.6 Å². The minimum absolute atomic E-state index is 0.0440. The monoisotopic (exact) mass is 463 g/mol. The number of halogens is 4. The molecule has 0 radical (unpaired) electrons. The van der Waals surface area contributed by atoms with E-state index < -0.39 is 24.1 Å². The van der Waals surface area contributed by atoms with Gasteiger partial charge in [0.05, 0.1) is 0 Å². The van der Waals surface area contributed by atoms with E-state index in [1.54, 1.807) is 4.90 Å². The van der Waals surface area contributed by atoms with Gasteiger partial charge in [0, 0.05) is 31.6 Å². The normalized spacial score (nSPS) is 21.6. The summed E-state index contributed by atoms with van der Waals surface area (Å²) in [6, 6.07) is 0. The molecular weight excluding hydrogens is 439 g/mol. The predicted molar refractivity (Wildman–Crippen MR) is 108 cm³/mol. The molecule has 1 N–H and O–H groups in total. The maximum atomic E-state index is 12.5. The molecular formula is C19H25ClF3N5O3. The number of nitrogens with zero attached hydrogens (tertiary/aromatic N) is 4. The van der Waals surface area contributed by atoms with E-state index in [-0.39, 0.29) is 28.2 Å². The van der Waals surface area contributed by atoms with Gasteiger partial charge in [-0.15, -0.1) is 0 Å². The Morgan fingerprint density at radius 2 is 1.87 bits per heavy atom. The van der Waals surface area contributed by atoms with Crippen LogP contribution in [0, 0.1) is 5.41 Å². The van der Waals surface area contributed by atoms with Crippen molar-refractivity contribution in [1.29, 1.82) is 0 Å². The first-order chi connectivity index (χ1) is 14.3. The summed E-state index contributed by atoms with van der Waals surface area (Å²) in [5.74, 6) is -0.973. The lowest BCUT2D eigenvalue weighted by molar-refractivity contribution is -0.150. The minimum Gasteiger partial charge on any atom is -0.444 e. The van der Waals surface area contributed by atoms with Crippen molar-refractivity contribution >= 4 is 35.1 Å². The Morgan fingerprint density at radius 1 is 1.19 bits per heavy atom. The number of carbonyl (C=O) groups is 2. The number of rotatable bonds is 3. The lowest BCUT2D eigenvalue weighted by Crippen LogP contribution is -2.37. The van der Waals surface area contributed by atoms with Crippen molar-refractivity contribution in [3.63, 3.8) is 0 Å². The number of nitrogens with one attached hydrogen (secondary N) is 1. The molecule has 2 aliphatic rings. The topological polar surface area (TPSA) is 87.7 Å². The Bertz CT molecular complexity index is 861. The lowest BCUT2D eigenvalue weighted by atomic mass is 9.86. The van der Waals surface area contributed by atoms with Gasteiger partial charge in [0.25, 0.3) is 0 Å². The Morgan fingerprint density at radius 3 is 2.52 bits per heavy atom. The lowest BCUT2D eigenvalue weighted by Gasteiger charge is -2.27. The summed E-state index contributed by atoms with van der Waals surface area (Å²) < 4.78 is 43.1. The van der Waals surface area contributed by atoms with Gasteiger partial charge in [-0.2, -0.15) is 13.2 Å². The van der Waals surface area contributed by atoms with Crippen molar-refractivity contribution in [2.75, 3.05) is 36.4 Å². The number of aromatic nitrogens is 2. The Balaban J connectivity index is 1.71. The van der Waals surface area contributed by atoms with Gasteiger partial charge < -0.3 is 19.9 Å². The van der Waals surface area contributed by atoms with E-state index in [0.29, 0.717) is 26.2 Å². The van der Waals surface area contributed by atoms with Gasteiger partial charge in [-0.25, -0.2) is 14.8 Å². The van der Waals surface area contributed by atoms with Crippen LogP contribution in [0.4, 0.5) is 29.5 Å². The van der Waals surface area contributed by atoms with Crippen molar-refractivity contribution in [2.24, 2.45) is 5.41 Å². The van der Waals surface area contributed by atoms with Crippen LogP contribution >= 0.6 is 11.6 Å². The average Bonchev–Trinajstić information content (AvgIpc) is 3.21. The Kier molecular flexibility index (Phi) is 6.28. The van der Waals surface area contributed by atoms with Crippen LogP contribution in [0.5, 0.6) is 0 Å². The fourth-order valence-corrected chi connectivity index (χ4v) is 4.11. The summed E-state index contributed by atoms with van der Waals surface area (Å²) in [7, 11) is 0. The third kappa shape index (κ3) is 5.90. The van der Waals surface area contributed by atoms with Gasteiger partial charge in [0.15, 0.2) is 11.0 Å². The second kappa shape index (κ2) is 8.33. The molecule has 2 fully saturated rings. The van der Waals surface area contributed by atoms with Crippen LogP contribution in [0.15, 0.2) is 6.33 Å². The van der Waals surface area contributed by atoms with Crippen LogP contribution in [0.2, 0.25) is 5.15 Å². The van der Waals surface area contributed by atoms with Crippen molar-refractivity contribution in [1.82, 2.24) is 14.9 Å². The quantitative estimate of drug-likeness (QED) is 0.685.